The molecule has 5 heteroatoms. The minimum absolute atomic E-state index is 0.0715. The van der Waals surface area contributed by atoms with Crippen LogP contribution < -0.4 is 5.73 Å². The zero-order chi connectivity index (χ0) is 13.1. The fourth-order valence-electron chi connectivity index (χ4n) is 1.47. The molecule has 5 nitrogen and oxygen atoms in total. The predicted octanol–water partition coefficient (Wildman–Crippen LogP) is 0.625. The SMILES string of the molecule is COCCCN(CCOC)C(=O)CCC(C)N. The Labute approximate surface area is 104 Å². The number of methoxy groups -OCH3 is 2. The van der Waals surface area contributed by atoms with E-state index < -0.39 is 0 Å². The number of hydrogen-bond donors (Lipinski definition) is 1. The standard InChI is InChI=1S/C12H26N2O3/c1-11(13)5-6-12(15)14(8-10-17-3)7-4-9-16-2/h11H,4-10,13H2,1-3H3. The van der Waals surface area contributed by atoms with E-state index in [0.717, 1.165) is 19.4 Å². The molecule has 0 aliphatic heterocycles. The van der Waals surface area contributed by atoms with Gasteiger partial charge in [-0.25, -0.2) is 0 Å². The molecule has 0 spiro atoms. The largest absolute Gasteiger partial charge is 0.385 e. The lowest BCUT2D eigenvalue weighted by Crippen LogP contribution is -2.35. The lowest BCUT2D eigenvalue weighted by molar-refractivity contribution is -0.132. The molecule has 0 fully saturated rings. The smallest absolute Gasteiger partial charge is 0.222 e. The van der Waals surface area contributed by atoms with E-state index in [1.165, 1.54) is 0 Å². The van der Waals surface area contributed by atoms with Gasteiger partial charge in [0.25, 0.3) is 0 Å². The Bertz CT molecular complexity index is 198. The molecule has 0 radical (unpaired) electrons. The van der Waals surface area contributed by atoms with E-state index in [9.17, 15) is 4.79 Å². The maximum absolute atomic E-state index is 11.9. The minimum atomic E-state index is 0.0715. The number of carbonyl (C=O) groups excluding carboxylic acids is 1. The van der Waals surface area contributed by atoms with Crippen LogP contribution in [0.4, 0.5) is 0 Å². The normalized spacial score (nSPS) is 12.5. The second kappa shape index (κ2) is 10.5. The summed E-state index contributed by atoms with van der Waals surface area (Å²) < 4.78 is 9.99. The van der Waals surface area contributed by atoms with Crippen LogP contribution in [0.25, 0.3) is 0 Å². The molecule has 1 atom stereocenters. The van der Waals surface area contributed by atoms with Gasteiger partial charge in [-0.05, 0) is 19.8 Å². The summed E-state index contributed by atoms with van der Waals surface area (Å²) in [7, 11) is 3.30. The van der Waals surface area contributed by atoms with Crippen molar-refractivity contribution in [1.29, 1.82) is 0 Å². The van der Waals surface area contributed by atoms with Gasteiger partial charge in [0.2, 0.25) is 5.91 Å². The number of nitrogens with two attached hydrogens (primary N) is 1. The van der Waals surface area contributed by atoms with E-state index >= 15 is 0 Å². The van der Waals surface area contributed by atoms with Crippen molar-refractivity contribution in [2.75, 3.05) is 40.5 Å². The number of nitrogens with zero attached hydrogens (tertiary/aromatic N) is 1. The summed E-state index contributed by atoms with van der Waals surface area (Å²) in [5.41, 5.74) is 5.65. The number of carbonyl (C=O) groups is 1. The van der Waals surface area contributed by atoms with Crippen LogP contribution in [-0.4, -0.2) is 57.4 Å². The fraction of sp³-hybridized carbons (Fsp3) is 0.917. The van der Waals surface area contributed by atoms with Crippen LogP contribution >= 0.6 is 0 Å². The molecule has 0 aliphatic rings. The van der Waals surface area contributed by atoms with Gasteiger partial charge < -0.3 is 20.1 Å². The quantitative estimate of drug-likeness (QED) is 0.574. The molecule has 0 saturated carbocycles. The first kappa shape index (κ1) is 16.4. The number of amides is 1. The van der Waals surface area contributed by atoms with Crippen LogP contribution in [0.15, 0.2) is 0 Å². The third-order valence-corrected chi connectivity index (χ3v) is 2.51. The first-order chi connectivity index (χ1) is 8.11. The molecular formula is C12H26N2O3. The van der Waals surface area contributed by atoms with E-state index in [1.54, 1.807) is 14.2 Å². The molecule has 1 unspecified atom stereocenters. The molecule has 1 amide bonds. The van der Waals surface area contributed by atoms with Crippen LogP contribution in [-0.2, 0) is 14.3 Å². The average Bonchev–Trinajstić information content (AvgIpc) is 2.30. The van der Waals surface area contributed by atoms with E-state index in [1.807, 2.05) is 11.8 Å². The van der Waals surface area contributed by atoms with E-state index in [0.29, 0.717) is 26.2 Å². The molecular weight excluding hydrogens is 220 g/mol. The molecule has 0 bridgehead atoms. The Morgan fingerprint density at radius 1 is 1.24 bits per heavy atom. The maximum atomic E-state index is 11.9. The number of hydrogen-bond acceptors (Lipinski definition) is 4. The van der Waals surface area contributed by atoms with Crippen molar-refractivity contribution in [2.45, 2.75) is 32.2 Å². The van der Waals surface area contributed by atoms with Crippen LogP contribution in [0.1, 0.15) is 26.2 Å². The van der Waals surface area contributed by atoms with E-state index in [2.05, 4.69) is 0 Å². The van der Waals surface area contributed by atoms with Gasteiger partial charge in [-0.15, -0.1) is 0 Å². The lowest BCUT2D eigenvalue weighted by atomic mass is 10.2. The Balaban J connectivity index is 4.00. The molecule has 102 valence electrons. The van der Waals surface area contributed by atoms with Crippen molar-refractivity contribution in [3.63, 3.8) is 0 Å². The second-order valence-corrected chi connectivity index (χ2v) is 4.24. The molecule has 0 aromatic rings. The van der Waals surface area contributed by atoms with Gasteiger partial charge in [0.05, 0.1) is 6.61 Å². The first-order valence-corrected chi connectivity index (χ1v) is 6.13. The zero-order valence-corrected chi connectivity index (χ0v) is 11.3. The monoisotopic (exact) mass is 246 g/mol. The summed E-state index contributed by atoms with van der Waals surface area (Å²) in [5, 5.41) is 0. The first-order valence-electron chi connectivity index (χ1n) is 6.13. The van der Waals surface area contributed by atoms with Crippen molar-refractivity contribution in [1.82, 2.24) is 4.90 Å². The van der Waals surface area contributed by atoms with Crippen molar-refractivity contribution in [2.24, 2.45) is 5.73 Å². The highest BCUT2D eigenvalue weighted by Gasteiger charge is 2.13. The Kier molecular flexibility index (Phi) is 10.1. The molecule has 2 N–H and O–H groups in total. The van der Waals surface area contributed by atoms with Crippen molar-refractivity contribution >= 4 is 5.91 Å². The Morgan fingerprint density at radius 2 is 1.88 bits per heavy atom. The Hall–Kier alpha value is -0.650. The highest BCUT2D eigenvalue weighted by molar-refractivity contribution is 5.76. The number of ether oxygens (including phenoxy) is 2. The summed E-state index contributed by atoms with van der Waals surface area (Å²) in [4.78, 5) is 13.7. The molecule has 0 aromatic heterocycles. The van der Waals surface area contributed by atoms with Gasteiger partial charge in [0.15, 0.2) is 0 Å². The second-order valence-electron chi connectivity index (χ2n) is 4.24. The zero-order valence-electron chi connectivity index (χ0n) is 11.3. The summed E-state index contributed by atoms with van der Waals surface area (Å²) >= 11 is 0. The third-order valence-electron chi connectivity index (χ3n) is 2.51. The highest BCUT2D eigenvalue weighted by Crippen LogP contribution is 2.02. The van der Waals surface area contributed by atoms with Gasteiger partial charge in [0, 0.05) is 46.4 Å². The summed E-state index contributed by atoms with van der Waals surface area (Å²) in [6, 6.07) is 0.0715. The average molecular weight is 246 g/mol. The molecule has 0 aliphatic carbocycles. The molecule has 0 saturated heterocycles. The third kappa shape index (κ3) is 9.09. The summed E-state index contributed by atoms with van der Waals surface area (Å²) in [6.45, 7) is 4.51. The lowest BCUT2D eigenvalue weighted by Gasteiger charge is -2.22. The predicted molar refractivity (Wildman–Crippen MR) is 67.8 cm³/mol. The van der Waals surface area contributed by atoms with Crippen LogP contribution in [0, 0.1) is 0 Å². The van der Waals surface area contributed by atoms with Gasteiger partial charge in [-0.1, -0.05) is 0 Å². The summed E-state index contributed by atoms with van der Waals surface area (Å²) in [6.07, 6.45) is 2.09. The molecule has 0 heterocycles. The van der Waals surface area contributed by atoms with Gasteiger partial charge in [0.1, 0.15) is 0 Å². The number of rotatable bonds is 10. The topological polar surface area (TPSA) is 64.8 Å². The fourth-order valence-corrected chi connectivity index (χ4v) is 1.47. The minimum Gasteiger partial charge on any atom is -0.385 e. The van der Waals surface area contributed by atoms with Gasteiger partial charge in [-0.2, -0.15) is 0 Å². The van der Waals surface area contributed by atoms with Crippen molar-refractivity contribution in [3.05, 3.63) is 0 Å². The molecule has 0 rings (SSSR count). The summed E-state index contributed by atoms with van der Waals surface area (Å²) in [5.74, 6) is 0.149. The van der Waals surface area contributed by atoms with Crippen molar-refractivity contribution in [3.8, 4) is 0 Å². The van der Waals surface area contributed by atoms with Gasteiger partial charge >= 0.3 is 0 Å². The molecule has 17 heavy (non-hydrogen) atoms. The maximum Gasteiger partial charge on any atom is 0.222 e. The van der Waals surface area contributed by atoms with E-state index in [4.69, 9.17) is 15.2 Å². The highest BCUT2D eigenvalue weighted by atomic mass is 16.5. The van der Waals surface area contributed by atoms with Gasteiger partial charge in [-0.3, -0.25) is 4.79 Å². The van der Waals surface area contributed by atoms with Crippen LogP contribution in [0.5, 0.6) is 0 Å². The molecule has 0 aromatic carbocycles. The van der Waals surface area contributed by atoms with E-state index in [-0.39, 0.29) is 11.9 Å². The van der Waals surface area contributed by atoms with Crippen LogP contribution in [0.2, 0.25) is 0 Å². The Morgan fingerprint density at radius 3 is 2.41 bits per heavy atom. The van der Waals surface area contributed by atoms with Crippen molar-refractivity contribution < 1.29 is 14.3 Å². The van der Waals surface area contributed by atoms with Crippen LogP contribution in [0.3, 0.4) is 0 Å².